The standard InChI is InChI=1S/C35H46F2N2O13P2/c1-2-49-31(41)12-8-3-4-9-23-39-28(18-20-30(39)40)17-19-29(35(36,37)27-10-6-5-7-11-27)50-32(42)24-25-13-15-26(16-14-25)33(43)38-22-21-34(44,51-53(45)46)52-54(47)48/h5-7,10-11,13-17,19,28-29,44-48H,2-4,8-9,12,18,20-24H2,1H3,(H,38,43)/b19-17+/t28-,29+/m0/s1. The van der Waals surface area contributed by atoms with Gasteiger partial charge < -0.3 is 44.4 Å². The zero-order chi connectivity index (χ0) is 39.7. The van der Waals surface area contributed by atoms with Crippen LogP contribution in [0.5, 0.6) is 0 Å². The molecule has 1 saturated heterocycles. The van der Waals surface area contributed by atoms with Gasteiger partial charge in [0.15, 0.2) is 6.10 Å². The van der Waals surface area contributed by atoms with Crippen LogP contribution in [0.4, 0.5) is 8.78 Å². The highest BCUT2D eigenvalue weighted by molar-refractivity contribution is 7.40. The summed E-state index contributed by atoms with van der Waals surface area (Å²) in [5.74, 6) is -8.44. The van der Waals surface area contributed by atoms with E-state index in [1.54, 1.807) is 17.9 Å². The number of nitrogens with zero attached hydrogens (tertiary/aromatic N) is 1. The minimum Gasteiger partial charge on any atom is -0.466 e. The van der Waals surface area contributed by atoms with Crippen molar-refractivity contribution in [3.63, 3.8) is 0 Å². The molecule has 0 spiro atoms. The topological polar surface area (TPSA) is 222 Å². The van der Waals surface area contributed by atoms with Crippen LogP contribution in [0.3, 0.4) is 0 Å². The molecule has 0 radical (unpaired) electrons. The summed E-state index contributed by atoms with van der Waals surface area (Å²) in [6, 6.07) is 11.9. The van der Waals surface area contributed by atoms with Gasteiger partial charge in [-0.3, -0.25) is 28.2 Å². The number of nitrogens with one attached hydrogen (secondary N) is 1. The summed E-state index contributed by atoms with van der Waals surface area (Å²) in [4.78, 5) is 87.4. The van der Waals surface area contributed by atoms with Crippen LogP contribution in [0.15, 0.2) is 66.7 Å². The lowest BCUT2D eigenvalue weighted by Gasteiger charge is -2.27. The van der Waals surface area contributed by atoms with E-state index >= 15 is 8.78 Å². The second-order valence-electron chi connectivity index (χ2n) is 12.2. The number of carbonyl (C=O) groups is 4. The first-order valence-electron chi connectivity index (χ1n) is 17.2. The summed E-state index contributed by atoms with van der Waals surface area (Å²) in [5.41, 5.74) is 0.0646. The monoisotopic (exact) mass is 802 g/mol. The number of alkyl halides is 2. The van der Waals surface area contributed by atoms with Crippen molar-refractivity contribution in [2.24, 2.45) is 0 Å². The highest BCUT2D eigenvalue weighted by Gasteiger charge is 2.43. The molecule has 3 rings (SSSR count). The molecule has 0 bridgehead atoms. The molecule has 2 aromatic carbocycles. The molecule has 19 heteroatoms. The fourth-order valence-electron chi connectivity index (χ4n) is 5.60. The molecular weight excluding hydrogens is 756 g/mol. The highest BCUT2D eigenvalue weighted by atomic mass is 31.2. The molecule has 1 aliphatic rings. The Hall–Kier alpha value is -3.50. The normalized spacial score (nSPS) is 15.6. The molecule has 0 unspecified atom stereocenters. The van der Waals surface area contributed by atoms with E-state index < -0.39 is 66.0 Å². The Kier molecular flexibility index (Phi) is 18.4. The second-order valence-corrected chi connectivity index (χ2v) is 13.6. The smallest absolute Gasteiger partial charge is 0.331 e. The van der Waals surface area contributed by atoms with E-state index in [4.69, 9.17) is 29.0 Å². The van der Waals surface area contributed by atoms with Crippen LogP contribution in [-0.2, 0) is 45.2 Å². The number of benzene rings is 2. The average Bonchev–Trinajstić information content (AvgIpc) is 3.46. The van der Waals surface area contributed by atoms with Gasteiger partial charge in [0, 0.05) is 43.5 Å². The molecule has 0 saturated carbocycles. The Labute approximate surface area is 313 Å². The summed E-state index contributed by atoms with van der Waals surface area (Å²) in [6.45, 7) is 2.11. The van der Waals surface area contributed by atoms with Crippen LogP contribution in [0.2, 0.25) is 0 Å². The number of esters is 2. The van der Waals surface area contributed by atoms with E-state index in [9.17, 15) is 24.3 Å². The first kappa shape index (κ1) is 44.9. The van der Waals surface area contributed by atoms with Gasteiger partial charge in [-0.15, -0.1) is 0 Å². The van der Waals surface area contributed by atoms with Crippen molar-refractivity contribution in [3.8, 4) is 0 Å². The lowest BCUT2D eigenvalue weighted by molar-refractivity contribution is -0.280. The predicted octanol–water partition coefficient (Wildman–Crippen LogP) is 4.22. The first-order valence-corrected chi connectivity index (χ1v) is 19.6. The van der Waals surface area contributed by atoms with E-state index in [2.05, 4.69) is 14.4 Å². The number of likely N-dealkylation sites (tertiary alicyclic amines) is 1. The van der Waals surface area contributed by atoms with Crippen molar-refractivity contribution in [1.82, 2.24) is 10.2 Å². The van der Waals surface area contributed by atoms with Crippen molar-refractivity contribution < 1.29 is 71.2 Å². The van der Waals surface area contributed by atoms with Gasteiger partial charge >= 0.3 is 35.1 Å². The van der Waals surface area contributed by atoms with Crippen LogP contribution < -0.4 is 5.32 Å². The number of carbonyl (C=O) groups excluding carboxylic acids is 4. The average molecular weight is 803 g/mol. The van der Waals surface area contributed by atoms with Crippen molar-refractivity contribution in [1.29, 1.82) is 0 Å². The van der Waals surface area contributed by atoms with Gasteiger partial charge in [0.05, 0.1) is 19.1 Å². The Bertz CT molecular complexity index is 1520. The van der Waals surface area contributed by atoms with Gasteiger partial charge in [0.1, 0.15) is 0 Å². The van der Waals surface area contributed by atoms with Crippen LogP contribution in [0, 0.1) is 0 Å². The third-order valence-corrected chi connectivity index (χ3v) is 9.13. The van der Waals surface area contributed by atoms with Crippen molar-refractivity contribution in [2.75, 3.05) is 19.7 Å². The summed E-state index contributed by atoms with van der Waals surface area (Å²) >= 11 is 0. The van der Waals surface area contributed by atoms with Crippen LogP contribution in [-0.4, -0.2) is 91.1 Å². The van der Waals surface area contributed by atoms with Gasteiger partial charge in [-0.05, 0) is 50.0 Å². The third kappa shape index (κ3) is 15.0. The van der Waals surface area contributed by atoms with Crippen molar-refractivity contribution in [3.05, 3.63) is 83.4 Å². The van der Waals surface area contributed by atoms with Crippen molar-refractivity contribution in [2.45, 2.75) is 88.8 Å². The van der Waals surface area contributed by atoms with E-state index in [1.165, 1.54) is 54.6 Å². The molecule has 298 valence electrons. The van der Waals surface area contributed by atoms with Gasteiger partial charge in [-0.25, -0.2) is 0 Å². The fraction of sp³-hybridized carbons (Fsp3) is 0.486. The highest BCUT2D eigenvalue weighted by Crippen LogP contribution is 2.41. The van der Waals surface area contributed by atoms with E-state index in [0.717, 1.165) is 18.9 Å². The quantitative estimate of drug-likeness (QED) is 0.0305. The molecule has 6 N–H and O–H groups in total. The summed E-state index contributed by atoms with van der Waals surface area (Å²) < 4.78 is 50.8. The number of aliphatic hydroxyl groups is 1. The largest absolute Gasteiger partial charge is 0.466 e. The molecular formula is C35H46F2N2O13P2. The molecule has 1 aliphatic heterocycles. The van der Waals surface area contributed by atoms with E-state index in [1.807, 2.05) is 0 Å². The number of unbranched alkanes of at least 4 members (excludes halogenated alkanes) is 3. The molecule has 2 atom stereocenters. The summed E-state index contributed by atoms with van der Waals surface area (Å²) in [7, 11) is -6.30. The Balaban J connectivity index is 1.62. The molecule has 0 aromatic heterocycles. The number of ether oxygens (including phenoxy) is 2. The second kappa shape index (κ2) is 22.2. The number of halogens is 2. The minimum absolute atomic E-state index is 0.0967. The maximum absolute atomic E-state index is 15.9. The first-order chi connectivity index (χ1) is 25.6. The Morgan fingerprint density at radius 2 is 1.61 bits per heavy atom. The van der Waals surface area contributed by atoms with E-state index in [0.29, 0.717) is 44.4 Å². The fourth-order valence-corrected chi connectivity index (χ4v) is 6.42. The van der Waals surface area contributed by atoms with E-state index in [-0.39, 0.29) is 36.0 Å². The van der Waals surface area contributed by atoms with Gasteiger partial charge in [0.2, 0.25) is 5.91 Å². The molecule has 0 aliphatic carbocycles. The van der Waals surface area contributed by atoms with Crippen LogP contribution >= 0.6 is 17.2 Å². The van der Waals surface area contributed by atoms with Gasteiger partial charge in [0.25, 0.3) is 11.9 Å². The zero-order valence-corrected chi connectivity index (χ0v) is 31.4. The zero-order valence-electron chi connectivity index (χ0n) is 29.6. The number of rotatable bonds is 23. The lowest BCUT2D eigenvalue weighted by Crippen LogP contribution is -2.37. The number of hydrogen-bond acceptors (Lipinski definition) is 13. The maximum Gasteiger partial charge on any atom is 0.331 e. The maximum atomic E-state index is 15.9. The number of amides is 2. The molecule has 2 amide bonds. The van der Waals surface area contributed by atoms with Gasteiger partial charge in [-0.1, -0.05) is 61.4 Å². The SMILES string of the molecule is CCOC(=O)CCCCCCN1C(=O)CC[C@@H]1/C=C/[C@@H](OC(=O)Cc1ccc(C(=O)NCCC(O)(OP(O)O)OP(O)O)cc1)C(F)(F)c1ccccc1. The Morgan fingerprint density at radius 1 is 0.963 bits per heavy atom. The summed E-state index contributed by atoms with van der Waals surface area (Å²) in [5, 5.41) is 12.5. The van der Waals surface area contributed by atoms with Crippen LogP contribution in [0.25, 0.3) is 0 Å². The third-order valence-electron chi connectivity index (χ3n) is 8.23. The minimum atomic E-state index is -3.63. The number of hydrogen-bond donors (Lipinski definition) is 6. The molecule has 2 aromatic rings. The predicted molar refractivity (Wildman–Crippen MR) is 191 cm³/mol. The van der Waals surface area contributed by atoms with Crippen LogP contribution in [0.1, 0.15) is 79.8 Å². The molecule has 1 fully saturated rings. The lowest BCUT2D eigenvalue weighted by atomic mass is 10.0. The molecule has 15 nitrogen and oxygen atoms in total. The Morgan fingerprint density at radius 3 is 2.24 bits per heavy atom. The van der Waals surface area contributed by atoms with Crippen molar-refractivity contribution >= 4 is 41.0 Å². The summed E-state index contributed by atoms with van der Waals surface area (Å²) in [6.07, 6.45) is 3.40. The molecule has 1 heterocycles. The molecule has 54 heavy (non-hydrogen) atoms. The van der Waals surface area contributed by atoms with Gasteiger partial charge in [-0.2, -0.15) is 8.78 Å².